The third-order valence-corrected chi connectivity index (χ3v) is 3.48. The van der Waals surface area contributed by atoms with E-state index in [2.05, 4.69) is 48.4 Å². The van der Waals surface area contributed by atoms with Crippen LogP contribution in [0.25, 0.3) is 5.57 Å². The van der Waals surface area contributed by atoms with Crippen LogP contribution in [0.1, 0.15) is 30.9 Å². The van der Waals surface area contributed by atoms with E-state index in [1.807, 2.05) is 0 Å². The van der Waals surface area contributed by atoms with E-state index in [9.17, 15) is 0 Å². The number of hydrogen-bond acceptors (Lipinski definition) is 0. The SMILES string of the molecule is CC1=C([Si])C(C)c2ccccc21. The predicted molar refractivity (Wildman–Crippen MR) is 53.2 cm³/mol. The molecule has 0 heterocycles. The van der Waals surface area contributed by atoms with Crippen LogP contribution in [-0.4, -0.2) is 10.2 Å². The van der Waals surface area contributed by atoms with Gasteiger partial charge in [-0.15, -0.1) is 0 Å². The van der Waals surface area contributed by atoms with Crippen LogP contribution in [0.4, 0.5) is 0 Å². The maximum atomic E-state index is 3.68. The zero-order valence-corrected chi connectivity index (χ0v) is 8.39. The fraction of sp³-hybridized carbons (Fsp3) is 0.273. The van der Waals surface area contributed by atoms with Crippen LogP contribution >= 0.6 is 0 Å². The molecule has 0 bridgehead atoms. The highest BCUT2D eigenvalue weighted by atomic mass is 28.1. The van der Waals surface area contributed by atoms with Crippen molar-refractivity contribution in [2.75, 3.05) is 0 Å². The number of fused-ring (bicyclic) bond motifs is 1. The minimum Gasteiger partial charge on any atom is -0.0779 e. The highest BCUT2D eigenvalue weighted by Gasteiger charge is 2.21. The van der Waals surface area contributed by atoms with Crippen LogP contribution in [0.3, 0.4) is 0 Å². The lowest BCUT2D eigenvalue weighted by Crippen LogP contribution is -1.91. The molecule has 0 saturated heterocycles. The summed E-state index contributed by atoms with van der Waals surface area (Å²) in [6, 6.07) is 8.60. The Morgan fingerprint density at radius 1 is 1.25 bits per heavy atom. The molecule has 1 aliphatic rings. The Bertz CT molecular complexity index is 350. The van der Waals surface area contributed by atoms with Crippen molar-refractivity contribution in [3.05, 3.63) is 40.6 Å². The second-order valence-corrected chi connectivity index (χ2v) is 3.89. The zero-order chi connectivity index (χ0) is 8.72. The summed E-state index contributed by atoms with van der Waals surface area (Å²) >= 11 is 0. The zero-order valence-electron chi connectivity index (χ0n) is 7.39. The summed E-state index contributed by atoms with van der Waals surface area (Å²) in [5.41, 5.74) is 4.23. The molecule has 0 spiro atoms. The number of benzene rings is 1. The molecule has 0 amide bonds. The van der Waals surface area contributed by atoms with Gasteiger partial charge in [-0.25, -0.2) is 0 Å². The van der Waals surface area contributed by atoms with Crippen LogP contribution in [0, 0.1) is 0 Å². The molecule has 1 unspecified atom stereocenters. The lowest BCUT2D eigenvalue weighted by atomic mass is 10.0. The average Bonchev–Trinajstić information content (AvgIpc) is 2.33. The average molecular weight is 171 g/mol. The highest BCUT2D eigenvalue weighted by molar-refractivity contribution is 6.27. The molecule has 0 N–H and O–H groups in total. The fourth-order valence-electron chi connectivity index (χ4n) is 1.84. The molecule has 59 valence electrons. The van der Waals surface area contributed by atoms with Crippen LogP contribution in [0.15, 0.2) is 29.5 Å². The standard InChI is InChI=1S/C11H11Si/c1-7-9-5-3-4-6-10(9)8(2)11(7)12/h3-7H,1-2H3. The van der Waals surface area contributed by atoms with Gasteiger partial charge in [0.05, 0.1) is 10.2 Å². The maximum Gasteiger partial charge on any atom is 0.0663 e. The van der Waals surface area contributed by atoms with Crippen molar-refractivity contribution >= 4 is 15.8 Å². The van der Waals surface area contributed by atoms with Crippen molar-refractivity contribution < 1.29 is 0 Å². The van der Waals surface area contributed by atoms with Gasteiger partial charge < -0.3 is 0 Å². The van der Waals surface area contributed by atoms with E-state index in [1.54, 1.807) is 0 Å². The van der Waals surface area contributed by atoms with E-state index in [1.165, 1.54) is 21.9 Å². The first-order chi connectivity index (χ1) is 5.72. The molecule has 0 fully saturated rings. The molecule has 0 saturated carbocycles. The molecule has 2 rings (SSSR count). The van der Waals surface area contributed by atoms with Crippen LogP contribution in [0.2, 0.25) is 0 Å². The van der Waals surface area contributed by atoms with Crippen LogP contribution in [-0.2, 0) is 0 Å². The maximum absolute atomic E-state index is 3.68. The van der Waals surface area contributed by atoms with Gasteiger partial charge in [-0.2, -0.15) is 0 Å². The summed E-state index contributed by atoms with van der Waals surface area (Å²) in [5.74, 6) is 0.540. The minimum absolute atomic E-state index is 0.540. The highest BCUT2D eigenvalue weighted by Crippen LogP contribution is 2.39. The van der Waals surface area contributed by atoms with Gasteiger partial charge in [0.2, 0.25) is 0 Å². The molecule has 3 radical (unpaired) electrons. The van der Waals surface area contributed by atoms with Gasteiger partial charge in [0.15, 0.2) is 0 Å². The lowest BCUT2D eigenvalue weighted by molar-refractivity contribution is 0.971. The third-order valence-electron chi connectivity index (χ3n) is 2.67. The Labute approximate surface area is 76.7 Å². The number of allylic oxidation sites excluding steroid dienone is 2. The van der Waals surface area contributed by atoms with Gasteiger partial charge >= 0.3 is 0 Å². The largest absolute Gasteiger partial charge is 0.0779 e. The van der Waals surface area contributed by atoms with E-state index >= 15 is 0 Å². The predicted octanol–water partition coefficient (Wildman–Crippen LogP) is 2.70. The van der Waals surface area contributed by atoms with Crippen molar-refractivity contribution in [3.8, 4) is 0 Å². The van der Waals surface area contributed by atoms with E-state index in [0.29, 0.717) is 5.92 Å². The van der Waals surface area contributed by atoms with Crippen molar-refractivity contribution in [3.63, 3.8) is 0 Å². The number of hydrogen-bond donors (Lipinski definition) is 0. The summed E-state index contributed by atoms with van der Waals surface area (Å²) in [7, 11) is 3.68. The summed E-state index contributed by atoms with van der Waals surface area (Å²) in [4.78, 5) is 0. The number of rotatable bonds is 0. The van der Waals surface area contributed by atoms with Gasteiger partial charge in [0, 0.05) is 0 Å². The normalized spacial score (nSPS) is 21.4. The monoisotopic (exact) mass is 171 g/mol. The molecule has 1 heteroatoms. The smallest absolute Gasteiger partial charge is 0.0663 e. The van der Waals surface area contributed by atoms with Crippen molar-refractivity contribution in [2.24, 2.45) is 0 Å². The third kappa shape index (κ3) is 0.895. The Hall–Kier alpha value is -0.823. The Morgan fingerprint density at radius 2 is 1.92 bits per heavy atom. The molecular weight excluding hydrogens is 160 g/mol. The first kappa shape index (κ1) is 7.81. The van der Waals surface area contributed by atoms with Crippen molar-refractivity contribution in [2.45, 2.75) is 19.8 Å². The van der Waals surface area contributed by atoms with E-state index in [-0.39, 0.29) is 0 Å². The Morgan fingerprint density at radius 3 is 2.58 bits per heavy atom. The van der Waals surface area contributed by atoms with Gasteiger partial charge in [0.1, 0.15) is 0 Å². The van der Waals surface area contributed by atoms with Crippen LogP contribution in [0.5, 0.6) is 0 Å². The van der Waals surface area contributed by atoms with Crippen molar-refractivity contribution in [1.82, 2.24) is 0 Å². The van der Waals surface area contributed by atoms with Crippen LogP contribution < -0.4 is 0 Å². The van der Waals surface area contributed by atoms with Gasteiger partial charge in [-0.3, -0.25) is 0 Å². The first-order valence-electron chi connectivity index (χ1n) is 4.23. The fourth-order valence-corrected chi connectivity index (χ4v) is 2.13. The molecule has 1 atom stereocenters. The molecule has 1 aliphatic carbocycles. The summed E-state index contributed by atoms with van der Waals surface area (Å²) in [5, 5.41) is 1.33. The van der Waals surface area contributed by atoms with Gasteiger partial charge in [-0.05, 0) is 29.5 Å². The molecule has 0 aliphatic heterocycles. The second kappa shape index (κ2) is 2.59. The first-order valence-corrected chi connectivity index (χ1v) is 4.73. The van der Waals surface area contributed by atoms with Gasteiger partial charge in [0.25, 0.3) is 0 Å². The van der Waals surface area contributed by atoms with E-state index in [0.717, 1.165) is 0 Å². The minimum atomic E-state index is 0.540. The molecule has 1 aromatic carbocycles. The van der Waals surface area contributed by atoms with Gasteiger partial charge in [-0.1, -0.05) is 36.4 Å². The van der Waals surface area contributed by atoms with Crippen molar-refractivity contribution in [1.29, 1.82) is 0 Å². The molecule has 0 aromatic heterocycles. The molecular formula is C11H11Si. The Balaban J connectivity index is 2.65. The summed E-state index contributed by atoms with van der Waals surface area (Å²) < 4.78 is 0. The lowest BCUT2D eigenvalue weighted by Gasteiger charge is -2.05. The topological polar surface area (TPSA) is 0 Å². The Kier molecular flexibility index (Phi) is 1.69. The molecule has 0 nitrogen and oxygen atoms in total. The molecule has 1 aromatic rings. The quantitative estimate of drug-likeness (QED) is 0.526. The molecule has 12 heavy (non-hydrogen) atoms. The van der Waals surface area contributed by atoms with E-state index < -0.39 is 0 Å². The second-order valence-electron chi connectivity index (χ2n) is 3.35. The van der Waals surface area contributed by atoms with E-state index in [4.69, 9.17) is 0 Å². The summed E-state index contributed by atoms with van der Waals surface area (Å²) in [6.45, 7) is 4.41. The summed E-state index contributed by atoms with van der Waals surface area (Å²) in [6.07, 6.45) is 0.